The van der Waals surface area contributed by atoms with Crippen LogP contribution in [-0.2, 0) is 24.4 Å². The lowest BCUT2D eigenvalue weighted by molar-refractivity contribution is -0.141. The van der Waals surface area contributed by atoms with Crippen molar-refractivity contribution in [2.45, 2.75) is 63.5 Å². The number of nitrogens with zero attached hydrogens (tertiary/aromatic N) is 2. The average Bonchev–Trinajstić information content (AvgIpc) is 2.78. The molecule has 3 aliphatic rings. The van der Waals surface area contributed by atoms with Gasteiger partial charge in [-0.1, -0.05) is 32.1 Å². The first kappa shape index (κ1) is 24.9. The molecule has 3 rings (SSSR count). The van der Waals surface area contributed by atoms with Crippen molar-refractivity contribution in [1.29, 1.82) is 0 Å². The maximum atomic E-state index is 13.2. The lowest BCUT2D eigenvalue weighted by Gasteiger charge is -2.41. The van der Waals surface area contributed by atoms with Crippen molar-refractivity contribution < 1.29 is 22.8 Å². The molecule has 0 aromatic rings. The SMILES string of the molecule is CS(=O)(=O)N1CCN(C(=O)C2CCNCC2)C[C@@H]1C(=O)N[C@@H](CC1CCCCC1)C(N)=O. The highest BCUT2D eigenvalue weighted by molar-refractivity contribution is 7.88. The molecule has 0 radical (unpaired) electrons. The van der Waals surface area contributed by atoms with E-state index in [9.17, 15) is 22.8 Å². The van der Waals surface area contributed by atoms with Crippen LogP contribution in [0.2, 0.25) is 0 Å². The minimum atomic E-state index is -3.67. The van der Waals surface area contributed by atoms with Crippen molar-refractivity contribution in [3.63, 3.8) is 0 Å². The first-order chi connectivity index (χ1) is 15.2. The first-order valence-electron chi connectivity index (χ1n) is 11.7. The number of rotatable bonds is 7. The Kier molecular flexibility index (Phi) is 8.51. The van der Waals surface area contributed by atoms with Crippen molar-refractivity contribution in [3.8, 4) is 0 Å². The summed E-state index contributed by atoms with van der Waals surface area (Å²) >= 11 is 0. The highest BCUT2D eigenvalue weighted by Gasteiger charge is 2.41. The number of sulfonamides is 1. The van der Waals surface area contributed by atoms with Crippen molar-refractivity contribution >= 4 is 27.7 Å². The molecule has 182 valence electrons. The molecule has 32 heavy (non-hydrogen) atoms. The molecule has 0 spiro atoms. The molecular weight excluding hydrogens is 434 g/mol. The van der Waals surface area contributed by atoms with Gasteiger partial charge in [-0.15, -0.1) is 0 Å². The normalized spacial score (nSPS) is 25.3. The lowest BCUT2D eigenvalue weighted by Crippen LogP contribution is -2.63. The van der Waals surface area contributed by atoms with Gasteiger partial charge in [0.1, 0.15) is 12.1 Å². The molecule has 2 heterocycles. The number of hydrogen-bond acceptors (Lipinski definition) is 6. The summed E-state index contributed by atoms with van der Waals surface area (Å²) in [6, 6.07) is -1.92. The van der Waals surface area contributed by atoms with Gasteiger partial charge >= 0.3 is 0 Å². The number of nitrogens with two attached hydrogens (primary N) is 1. The van der Waals surface area contributed by atoms with E-state index >= 15 is 0 Å². The van der Waals surface area contributed by atoms with Gasteiger partial charge in [0, 0.05) is 25.6 Å². The Morgan fingerprint density at radius 1 is 1.06 bits per heavy atom. The summed E-state index contributed by atoms with van der Waals surface area (Å²) in [7, 11) is -3.67. The van der Waals surface area contributed by atoms with Crippen LogP contribution in [0.3, 0.4) is 0 Å². The van der Waals surface area contributed by atoms with E-state index in [1.165, 1.54) is 6.42 Å². The zero-order valence-corrected chi connectivity index (χ0v) is 19.7. The van der Waals surface area contributed by atoms with Gasteiger partial charge in [0.25, 0.3) is 0 Å². The maximum absolute atomic E-state index is 13.2. The Morgan fingerprint density at radius 3 is 2.31 bits per heavy atom. The van der Waals surface area contributed by atoms with Crippen LogP contribution < -0.4 is 16.4 Å². The molecule has 0 aromatic heterocycles. The molecule has 4 N–H and O–H groups in total. The number of piperazine rings is 1. The lowest BCUT2D eigenvalue weighted by atomic mass is 9.84. The van der Waals surface area contributed by atoms with E-state index in [0.29, 0.717) is 12.3 Å². The van der Waals surface area contributed by atoms with Crippen molar-refractivity contribution in [3.05, 3.63) is 0 Å². The van der Waals surface area contributed by atoms with E-state index in [2.05, 4.69) is 10.6 Å². The van der Waals surface area contributed by atoms with Crippen LogP contribution >= 0.6 is 0 Å². The number of primary amides is 1. The summed E-state index contributed by atoms with van der Waals surface area (Å²) < 4.78 is 25.8. The molecule has 1 saturated carbocycles. The molecule has 2 atom stereocenters. The Balaban J connectivity index is 1.70. The molecular formula is C21H37N5O5S. The molecule has 0 aromatic carbocycles. The van der Waals surface area contributed by atoms with Crippen molar-refractivity contribution in [2.24, 2.45) is 17.6 Å². The van der Waals surface area contributed by atoms with Gasteiger partial charge < -0.3 is 21.3 Å². The molecule has 11 heteroatoms. The van der Waals surface area contributed by atoms with E-state index in [4.69, 9.17) is 5.73 Å². The number of carbonyl (C=O) groups excluding carboxylic acids is 3. The fourth-order valence-corrected chi connectivity index (χ4v) is 6.21. The van der Waals surface area contributed by atoms with E-state index < -0.39 is 33.9 Å². The van der Waals surface area contributed by atoms with Gasteiger partial charge in [-0.05, 0) is 38.3 Å². The minimum absolute atomic E-state index is 0.0173. The zero-order chi connectivity index (χ0) is 23.3. The summed E-state index contributed by atoms with van der Waals surface area (Å²) in [6.07, 6.45) is 8.35. The number of hydrogen-bond donors (Lipinski definition) is 3. The van der Waals surface area contributed by atoms with Crippen LogP contribution in [-0.4, -0.2) is 86.4 Å². The second kappa shape index (κ2) is 10.9. The highest BCUT2D eigenvalue weighted by atomic mass is 32.2. The van der Waals surface area contributed by atoms with Crippen molar-refractivity contribution in [1.82, 2.24) is 19.8 Å². The van der Waals surface area contributed by atoms with Gasteiger partial charge in [-0.2, -0.15) is 4.31 Å². The summed E-state index contributed by atoms with van der Waals surface area (Å²) in [5.74, 6) is -1.02. The largest absolute Gasteiger partial charge is 0.368 e. The predicted octanol–water partition coefficient (Wildman–Crippen LogP) is -0.601. The smallest absolute Gasteiger partial charge is 0.240 e. The van der Waals surface area contributed by atoms with Crippen LogP contribution in [0.15, 0.2) is 0 Å². The molecule has 0 bridgehead atoms. The average molecular weight is 472 g/mol. The first-order valence-corrected chi connectivity index (χ1v) is 13.6. The van der Waals surface area contributed by atoms with Gasteiger partial charge in [0.15, 0.2) is 0 Å². The summed E-state index contributed by atoms with van der Waals surface area (Å²) in [5, 5.41) is 5.93. The van der Waals surface area contributed by atoms with Gasteiger partial charge in [-0.25, -0.2) is 8.42 Å². The third kappa shape index (κ3) is 6.41. The Bertz CT molecular complexity index is 792. The third-order valence-corrected chi connectivity index (χ3v) is 8.30. The minimum Gasteiger partial charge on any atom is -0.368 e. The third-order valence-electron chi connectivity index (χ3n) is 7.01. The van der Waals surface area contributed by atoms with E-state index in [-0.39, 0.29) is 31.5 Å². The van der Waals surface area contributed by atoms with Crippen LogP contribution in [0.25, 0.3) is 0 Å². The van der Waals surface area contributed by atoms with Gasteiger partial charge in [-0.3, -0.25) is 14.4 Å². The summed E-state index contributed by atoms with van der Waals surface area (Å²) in [6.45, 7) is 1.82. The molecule has 3 amide bonds. The highest BCUT2D eigenvalue weighted by Crippen LogP contribution is 2.27. The van der Waals surface area contributed by atoms with E-state index in [1.807, 2.05) is 0 Å². The zero-order valence-electron chi connectivity index (χ0n) is 18.9. The number of nitrogens with one attached hydrogen (secondary N) is 2. The molecule has 3 fully saturated rings. The monoisotopic (exact) mass is 471 g/mol. The van der Waals surface area contributed by atoms with Crippen LogP contribution in [0.1, 0.15) is 51.4 Å². The number of carbonyl (C=O) groups is 3. The van der Waals surface area contributed by atoms with Crippen LogP contribution in [0, 0.1) is 11.8 Å². The Morgan fingerprint density at radius 2 is 1.72 bits per heavy atom. The standard InChI is InChI=1S/C21H37N5O5S/c1-32(30,31)26-12-11-25(21(29)16-7-9-23-10-8-16)14-18(26)20(28)24-17(19(22)27)13-15-5-3-2-4-6-15/h15-18,23H,2-14H2,1H3,(H2,22,27)(H,24,28)/t17-,18+/m0/s1. The molecule has 10 nitrogen and oxygen atoms in total. The second-order valence-corrected chi connectivity index (χ2v) is 11.3. The number of piperidine rings is 1. The van der Waals surface area contributed by atoms with E-state index in [0.717, 1.165) is 62.2 Å². The molecule has 2 aliphatic heterocycles. The Labute approximate surface area is 190 Å². The summed E-state index contributed by atoms with van der Waals surface area (Å²) in [4.78, 5) is 39.8. The molecule has 2 saturated heterocycles. The van der Waals surface area contributed by atoms with Gasteiger partial charge in [0.05, 0.1) is 6.26 Å². The fraction of sp³-hybridized carbons (Fsp3) is 0.857. The van der Waals surface area contributed by atoms with Crippen molar-refractivity contribution in [2.75, 3.05) is 39.0 Å². The summed E-state index contributed by atoms with van der Waals surface area (Å²) in [5.41, 5.74) is 5.57. The predicted molar refractivity (Wildman–Crippen MR) is 120 cm³/mol. The quantitative estimate of drug-likeness (QED) is 0.453. The Hall–Kier alpha value is -1.72. The van der Waals surface area contributed by atoms with Crippen LogP contribution in [0.4, 0.5) is 0 Å². The fourth-order valence-electron chi connectivity index (χ4n) is 5.17. The topological polar surface area (TPSA) is 142 Å². The molecule has 1 aliphatic carbocycles. The second-order valence-electron chi connectivity index (χ2n) is 9.40. The van der Waals surface area contributed by atoms with E-state index in [1.54, 1.807) is 4.90 Å². The molecule has 0 unspecified atom stereocenters. The van der Waals surface area contributed by atoms with Gasteiger partial charge in [0.2, 0.25) is 27.7 Å². The van der Waals surface area contributed by atoms with Crippen LogP contribution in [0.5, 0.6) is 0 Å². The number of amides is 3. The maximum Gasteiger partial charge on any atom is 0.240 e.